The van der Waals surface area contributed by atoms with Crippen molar-refractivity contribution in [2.24, 2.45) is 0 Å². The molecule has 0 spiro atoms. The van der Waals surface area contributed by atoms with Crippen LogP contribution in [0.3, 0.4) is 0 Å². The van der Waals surface area contributed by atoms with Gasteiger partial charge in [-0.25, -0.2) is 0 Å². The quantitative estimate of drug-likeness (QED) is 0.629. The van der Waals surface area contributed by atoms with E-state index in [2.05, 4.69) is 5.38 Å². The molecule has 0 atom stereocenters. The van der Waals surface area contributed by atoms with Gasteiger partial charge in [-0.05, 0) is 30.2 Å². The van der Waals surface area contributed by atoms with Gasteiger partial charge in [-0.1, -0.05) is 30.9 Å². The molecule has 0 N–H and O–H groups in total. The Morgan fingerprint density at radius 3 is 2.58 bits per heavy atom. The summed E-state index contributed by atoms with van der Waals surface area (Å²) in [5, 5.41) is 3.10. The number of hydrogen-bond donors (Lipinski definition) is 0. The molecule has 1 fully saturated rings. The van der Waals surface area contributed by atoms with Crippen molar-refractivity contribution in [3.8, 4) is 0 Å². The molecule has 1 aliphatic carbocycles. The van der Waals surface area contributed by atoms with Crippen molar-refractivity contribution < 1.29 is 0 Å². The molecule has 12 heavy (non-hydrogen) atoms. The van der Waals surface area contributed by atoms with E-state index in [4.69, 9.17) is 11.6 Å². The average Bonchev–Trinajstić information content (AvgIpc) is 2.53. The maximum atomic E-state index is 6.08. The van der Waals surface area contributed by atoms with Crippen molar-refractivity contribution in [1.29, 1.82) is 0 Å². The van der Waals surface area contributed by atoms with Gasteiger partial charge in [0.25, 0.3) is 0 Å². The van der Waals surface area contributed by atoms with E-state index < -0.39 is 0 Å². The highest BCUT2D eigenvalue weighted by Crippen LogP contribution is 2.39. The molecule has 1 aromatic heterocycles. The third-order valence-corrected chi connectivity index (χ3v) is 4.14. The number of thiophene rings is 1. The van der Waals surface area contributed by atoms with Crippen molar-refractivity contribution in [1.82, 2.24) is 0 Å². The molecular formula is C10H13ClS. The smallest absolute Gasteiger partial charge is 0.0547 e. The second kappa shape index (κ2) is 3.80. The van der Waals surface area contributed by atoms with Crippen molar-refractivity contribution in [3.63, 3.8) is 0 Å². The lowest BCUT2D eigenvalue weighted by Gasteiger charge is -2.20. The Labute approximate surface area is 82.6 Å². The number of rotatable bonds is 1. The van der Waals surface area contributed by atoms with E-state index in [1.807, 2.05) is 17.4 Å². The molecule has 0 nitrogen and oxygen atoms in total. The predicted molar refractivity (Wildman–Crippen MR) is 55.2 cm³/mol. The minimum absolute atomic E-state index is 0.770. The van der Waals surface area contributed by atoms with Crippen LogP contribution in [0.1, 0.15) is 42.9 Å². The second-order valence-corrected chi connectivity index (χ2v) is 4.82. The zero-order chi connectivity index (χ0) is 8.39. The van der Waals surface area contributed by atoms with Crippen LogP contribution in [-0.2, 0) is 0 Å². The zero-order valence-electron chi connectivity index (χ0n) is 7.05. The van der Waals surface area contributed by atoms with Crippen LogP contribution < -0.4 is 0 Å². The Bertz CT molecular complexity index is 248. The first-order valence-corrected chi connectivity index (χ1v) is 5.86. The molecule has 0 radical (unpaired) electrons. The number of halogens is 1. The van der Waals surface area contributed by atoms with Gasteiger partial charge in [-0.3, -0.25) is 0 Å². The molecule has 1 saturated carbocycles. The molecule has 0 amide bonds. The monoisotopic (exact) mass is 200 g/mol. The Morgan fingerprint density at radius 1 is 1.25 bits per heavy atom. The summed E-state index contributed by atoms with van der Waals surface area (Å²) in [6.07, 6.45) is 6.89. The molecule has 0 bridgehead atoms. The van der Waals surface area contributed by atoms with Gasteiger partial charge in [-0.2, -0.15) is 0 Å². The summed E-state index contributed by atoms with van der Waals surface area (Å²) in [5.74, 6) is 0.770. The maximum absolute atomic E-state index is 6.08. The van der Waals surface area contributed by atoms with Gasteiger partial charge in [0.2, 0.25) is 0 Å². The molecule has 0 unspecified atom stereocenters. The van der Waals surface area contributed by atoms with Crippen molar-refractivity contribution in [3.05, 3.63) is 21.3 Å². The molecule has 2 rings (SSSR count). The molecule has 0 aliphatic heterocycles. The Hall–Kier alpha value is -0.0100. The fourth-order valence-electron chi connectivity index (χ4n) is 1.96. The van der Waals surface area contributed by atoms with E-state index in [-0.39, 0.29) is 0 Å². The molecule has 0 saturated heterocycles. The van der Waals surface area contributed by atoms with Gasteiger partial charge in [0.05, 0.1) is 5.02 Å². The predicted octanol–water partition coefficient (Wildman–Crippen LogP) is 4.45. The topological polar surface area (TPSA) is 0 Å². The van der Waals surface area contributed by atoms with E-state index in [1.165, 1.54) is 37.0 Å². The summed E-state index contributed by atoms with van der Waals surface area (Å²) in [6, 6.07) is 2.02. The summed E-state index contributed by atoms with van der Waals surface area (Å²) >= 11 is 7.91. The second-order valence-electron chi connectivity index (χ2n) is 3.47. The standard InChI is InChI=1S/C10H13ClS/c11-9-6-7-12-10(9)8-4-2-1-3-5-8/h6-8H,1-5H2. The third kappa shape index (κ3) is 1.67. The van der Waals surface area contributed by atoms with Crippen LogP contribution in [0.2, 0.25) is 5.02 Å². The summed E-state index contributed by atoms with van der Waals surface area (Å²) < 4.78 is 0. The first-order chi connectivity index (χ1) is 5.88. The fourth-order valence-corrected chi connectivity index (χ4v) is 3.35. The van der Waals surface area contributed by atoms with E-state index >= 15 is 0 Å². The summed E-state index contributed by atoms with van der Waals surface area (Å²) in [6.45, 7) is 0. The fraction of sp³-hybridized carbons (Fsp3) is 0.600. The van der Waals surface area contributed by atoms with Gasteiger partial charge in [0, 0.05) is 4.88 Å². The minimum Gasteiger partial charge on any atom is -0.147 e. The molecule has 0 aromatic carbocycles. The van der Waals surface area contributed by atoms with Crippen molar-refractivity contribution >= 4 is 22.9 Å². The summed E-state index contributed by atoms with van der Waals surface area (Å²) in [7, 11) is 0. The molecule has 2 heteroatoms. The van der Waals surface area contributed by atoms with Gasteiger partial charge in [0.15, 0.2) is 0 Å². The minimum atomic E-state index is 0.770. The SMILES string of the molecule is Clc1ccsc1C1CCCCC1. The van der Waals surface area contributed by atoms with E-state index in [0.29, 0.717) is 0 Å². The van der Waals surface area contributed by atoms with Crippen LogP contribution in [0.15, 0.2) is 11.4 Å². The summed E-state index contributed by atoms with van der Waals surface area (Å²) in [4.78, 5) is 1.43. The lowest BCUT2D eigenvalue weighted by molar-refractivity contribution is 0.448. The Kier molecular flexibility index (Phi) is 2.72. The Balaban J connectivity index is 2.13. The maximum Gasteiger partial charge on any atom is 0.0547 e. The number of hydrogen-bond acceptors (Lipinski definition) is 1. The van der Waals surface area contributed by atoms with Crippen LogP contribution in [0.4, 0.5) is 0 Å². The molecule has 66 valence electrons. The highest BCUT2D eigenvalue weighted by Gasteiger charge is 2.18. The Morgan fingerprint density at radius 2 is 2.00 bits per heavy atom. The lowest BCUT2D eigenvalue weighted by Crippen LogP contribution is -2.02. The largest absolute Gasteiger partial charge is 0.147 e. The van der Waals surface area contributed by atoms with Crippen LogP contribution >= 0.6 is 22.9 Å². The van der Waals surface area contributed by atoms with E-state index in [9.17, 15) is 0 Å². The van der Waals surface area contributed by atoms with Crippen LogP contribution in [-0.4, -0.2) is 0 Å². The van der Waals surface area contributed by atoms with E-state index in [0.717, 1.165) is 10.9 Å². The third-order valence-electron chi connectivity index (χ3n) is 2.62. The highest BCUT2D eigenvalue weighted by atomic mass is 35.5. The highest BCUT2D eigenvalue weighted by molar-refractivity contribution is 7.10. The average molecular weight is 201 g/mol. The van der Waals surface area contributed by atoms with Gasteiger partial charge in [0.1, 0.15) is 0 Å². The first kappa shape index (κ1) is 8.58. The van der Waals surface area contributed by atoms with Gasteiger partial charge in [-0.15, -0.1) is 11.3 Å². The van der Waals surface area contributed by atoms with Crippen molar-refractivity contribution in [2.75, 3.05) is 0 Å². The van der Waals surface area contributed by atoms with Gasteiger partial charge >= 0.3 is 0 Å². The van der Waals surface area contributed by atoms with Crippen molar-refractivity contribution in [2.45, 2.75) is 38.0 Å². The van der Waals surface area contributed by atoms with Crippen LogP contribution in [0.5, 0.6) is 0 Å². The van der Waals surface area contributed by atoms with E-state index in [1.54, 1.807) is 0 Å². The molecular weight excluding hydrogens is 188 g/mol. The normalized spacial score (nSPS) is 19.8. The first-order valence-electron chi connectivity index (χ1n) is 4.61. The van der Waals surface area contributed by atoms with Crippen LogP contribution in [0.25, 0.3) is 0 Å². The lowest BCUT2D eigenvalue weighted by atomic mass is 9.88. The molecule has 1 heterocycles. The molecule has 1 aliphatic rings. The molecule has 1 aromatic rings. The zero-order valence-corrected chi connectivity index (χ0v) is 8.63. The van der Waals surface area contributed by atoms with Gasteiger partial charge < -0.3 is 0 Å². The van der Waals surface area contributed by atoms with Crippen LogP contribution in [0, 0.1) is 0 Å². The summed E-state index contributed by atoms with van der Waals surface area (Å²) in [5.41, 5.74) is 0.